The van der Waals surface area contributed by atoms with Gasteiger partial charge in [0, 0.05) is 30.9 Å². The summed E-state index contributed by atoms with van der Waals surface area (Å²) in [6, 6.07) is 6.06. The second kappa shape index (κ2) is 6.08. The number of nitrogens with one attached hydrogen (secondary N) is 1. The van der Waals surface area contributed by atoms with Gasteiger partial charge in [0.25, 0.3) is 5.91 Å². The molecule has 0 aromatic heterocycles. The van der Waals surface area contributed by atoms with Crippen LogP contribution in [0.2, 0.25) is 0 Å². The molecule has 3 heteroatoms. The molecule has 3 rings (SSSR count). The number of benzene rings is 1. The van der Waals surface area contributed by atoms with E-state index in [-0.39, 0.29) is 5.91 Å². The lowest BCUT2D eigenvalue weighted by Gasteiger charge is -2.18. The Balaban J connectivity index is 1.69. The van der Waals surface area contributed by atoms with Gasteiger partial charge in [-0.05, 0) is 61.8 Å². The summed E-state index contributed by atoms with van der Waals surface area (Å²) in [6.45, 7) is 7.15. The number of anilines is 1. The van der Waals surface area contributed by atoms with Crippen molar-refractivity contribution in [1.82, 2.24) is 4.90 Å². The molecule has 3 nitrogen and oxygen atoms in total. The number of carbonyl (C=O) groups excluding carboxylic acids is 1. The number of hydrogen-bond acceptors (Lipinski definition) is 2. The Morgan fingerprint density at radius 2 is 2.00 bits per heavy atom. The van der Waals surface area contributed by atoms with Gasteiger partial charge >= 0.3 is 0 Å². The first-order valence-electron chi connectivity index (χ1n) is 8.33. The fourth-order valence-corrected chi connectivity index (χ4v) is 3.84. The van der Waals surface area contributed by atoms with Gasteiger partial charge in [-0.3, -0.25) is 4.79 Å². The van der Waals surface area contributed by atoms with Crippen molar-refractivity contribution in [2.45, 2.75) is 39.5 Å². The Hall–Kier alpha value is -1.51. The molecule has 0 bridgehead atoms. The first kappa shape index (κ1) is 14.4. The number of rotatable bonds is 4. The molecule has 114 valence electrons. The molecule has 1 aromatic rings. The lowest BCUT2D eigenvalue weighted by molar-refractivity contribution is 0.0780. The van der Waals surface area contributed by atoms with E-state index in [1.165, 1.54) is 19.3 Å². The number of nitrogens with zero attached hydrogens (tertiary/aromatic N) is 1. The number of likely N-dealkylation sites (tertiary alicyclic amines) is 1. The fourth-order valence-electron chi connectivity index (χ4n) is 3.84. The van der Waals surface area contributed by atoms with Crippen LogP contribution in [0.1, 0.15) is 48.5 Å². The summed E-state index contributed by atoms with van der Waals surface area (Å²) in [5.41, 5.74) is 3.15. The Kier molecular flexibility index (Phi) is 4.18. The predicted octanol–water partition coefficient (Wildman–Crippen LogP) is 3.69. The summed E-state index contributed by atoms with van der Waals surface area (Å²) < 4.78 is 0. The van der Waals surface area contributed by atoms with Crippen LogP contribution in [0, 0.1) is 18.8 Å². The van der Waals surface area contributed by atoms with E-state index in [0.29, 0.717) is 0 Å². The van der Waals surface area contributed by atoms with Gasteiger partial charge in [-0.15, -0.1) is 0 Å². The maximum Gasteiger partial charge on any atom is 0.253 e. The van der Waals surface area contributed by atoms with Crippen molar-refractivity contribution in [3.8, 4) is 0 Å². The average molecular weight is 286 g/mol. The molecule has 2 atom stereocenters. The minimum absolute atomic E-state index is 0.217. The van der Waals surface area contributed by atoms with Gasteiger partial charge in [0.2, 0.25) is 0 Å². The van der Waals surface area contributed by atoms with E-state index in [1.807, 2.05) is 12.1 Å². The van der Waals surface area contributed by atoms with E-state index in [0.717, 1.165) is 54.7 Å². The molecule has 0 spiro atoms. The zero-order valence-electron chi connectivity index (χ0n) is 13.2. The number of aryl methyl sites for hydroxylation is 1. The third-order valence-electron chi connectivity index (χ3n) is 5.05. The van der Waals surface area contributed by atoms with Gasteiger partial charge in [-0.1, -0.05) is 13.3 Å². The van der Waals surface area contributed by atoms with E-state index in [4.69, 9.17) is 0 Å². The normalized spacial score (nSPS) is 24.2. The van der Waals surface area contributed by atoms with Crippen LogP contribution in [-0.2, 0) is 0 Å². The Morgan fingerprint density at radius 1 is 1.29 bits per heavy atom. The smallest absolute Gasteiger partial charge is 0.253 e. The van der Waals surface area contributed by atoms with Crippen molar-refractivity contribution in [3.63, 3.8) is 0 Å². The molecule has 1 heterocycles. The summed E-state index contributed by atoms with van der Waals surface area (Å²) in [4.78, 5) is 14.7. The van der Waals surface area contributed by atoms with Gasteiger partial charge < -0.3 is 10.2 Å². The van der Waals surface area contributed by atoms with E-state index < -0.39 is 0 Å². The Labute approximate surface area is 127 Å². The average Bonchev–Trinajstić information content (AvgIpc) is 3.06. The summed E-state index contributed by atoms with van der Waals surface area (Å²) in [7, 11) is 0. The highest BCUT2D eigenvalue weighted by atomic mass is 16.2. The number of amides is 1. The topological polar surface area (TPSA) is 32.3 Å². The maximum absolute atomic E-state index is 12.7. The molecule has 1 aromatic carbocycles. The van der Waals surface area contributed by atoms with Crippen LogP contribution < -0.4 is 5.32 Å². The van der Waals surface area contributed by atoms with Crippen molar-refractivity contribution in [2.24, 2.45) is 11.8 Å². The molecule has 1 aliphatic heterocycles. The highest BCUT2D eigenvalue weighted by Gasteiger charge is 2.38. The van der Waals surface area contributed by atoms with Crippen LogP contribution in [0.25, 0.3) is 0 Å². The van der Waals surface area contributed by atoms with E-state index in [9.17, 15) is 4.79 Å². The van der Waals surface area contributed by atoms with Gasteiger partial charge in [-0.25, -0.2) is 0 Å². The first-order chi connectivity index (χ1) is 10.2. The first-order valence-corrected chi connectivity index (χ1v) is 8.33. The highest BCUT2D eigenvalue weighted by Crippen LogP contribution is 2.38. The van der Waals surface area contributed by atoms with E-state index in [2.05, 4.69) is 30.1 Å². The largest absolute Gasteiger partial charge is 0.385 e. The van der Waals surface area contributed by atoms with Crippen molar-refractivity contribution < 1.29 is 4.79 Å². The minimum Gasteiger partial charge on any atom is -0.385 e. The van der Waals surface area contributed by atoms with Gasteiger partial charge in [0.15, 0.2) is 0 Å². The molecule has 0 radical (unpaired) electrons. The maximum atomic E-state index is 12.7. The molecule has 1 saturated heterocycles. The zero-order valence-corrected chi connectivity index (χ0v) is 13.2. The third-order valence-corrected chi connectivity index (χ3v) is 5.05. The minimum atomic E-state index is 0.217. The van der Waals surface area contributed by atoms with E-state index in [1.54, 1.807) is 0 Å². The summed E-state index contributed by atoms with van der Waals surface area (Å²) in [6.07, 6.45) is 5.09. The summed E-state index contributed by atoms with van der Waals surface area (Å²) >= 11 is 0. The molecule has 21 heavy (non-hydrogen) atoms. The lowest BCUT2D eigenvalue weighted by Crippen LogP contribution is -2.29. The molecule has 1 saturated carbocycles. The van der Waals surface area contributed by atoms with Crippen molar-refractivity contribution in [2.75, 3.05) is 25.0 Å². The molecule has 2 fully saturated rings. The number of fused-ring (bicyclic) bond motifs is 1. The monoisotopic (exact) mass is 286 g/mol. The SMILES string of the molecule is CCCNc1ccc(C(=O)N2CC3CCCC3C2)cc1C. The molecular formula is C18H26N2O. The van der Waals surface area contributed by atoms with Crippen LogP contribution in [0.4, 0.5) is 5.69 Å². The second-order valence-electron chi connectivity index (χ2n) is 6.62. The molecular weight excluding hydrogens is 260 g/mol. The Bertz CT molecular complexity index is 514. The molecule has 2 aliphatic rings. The number of hydrogen-bond donors (Lipinski definition) is 1. The van der Waals surface area contributed by atoms with Crippen molar-refractivity contribution in [3.05, 3.63) is 29.3 Å². The fraction of sp³-hybridized carbons (Fsp3) is 0.611. The van der Waals surface area contributed by atoms with Crippen LogP contribution in [0.3, 0.4) is 0 Å². The van der Waals surface area contributed by atoms with Gasteiger partial charge in [0.05, 0.1) is 0 Å². The zero-order chi connectivity index (χ0) is 14.8. The van der Waals surface area contributed by atoms with Crippen LogP contribution >= 0.6 is 0 Å². The Morgan fingerprint density at radius 3 is 2.62 bits per heavy atom. The van der Waals surface area contributed by atoms with Gasteiger partial charge in [-0.2, -0.15) is 0 Å². The van der Waals surface area contributed by atoms with Crippen molar-refractivity contribution >= 4 is 11.6 Å². The second-order valence-corrected chi connectivity index (χ2v) is 6.62. The lowest BCUT2D eigenvalue weighted by atomic mass is 10.0. The van der Waals surface area contributed by atoms with E-state index >= 15 is 0 Å². The molecule has 1 N–H and O–H groups in total. The highest BCUT2D eigenvalue weighted by molar-refractivity contribution is 5.95. The summed E-state index contributed by atoms with van der Waals surface area (Å²) in [5.74, 6) is 1.75. The molecule has 2 unspecified atom stereocenters. The van der Waals surface area contributed by atoms with Crippen LogP contribution in [-0.4, -0.2) is 30.4 Å². The third kappa shape index (κ3) is 2.92. The summed E-state index contributed by atoms with van der Waals surface area (Å²) in [5, 5.41) is 3.41. The van der Waals surface area contributed by atoms with Crippen molar-refractivity contribution in [1.29, 1.82) is 0 Å². The molecule has 1 amide bonds. The van der Waals surface area contributed by atoms with Gasteiger partial charge in [0.1, 0.15) is 0 Å². The standard InChI is InChI=1S/C18H26N2O/c1-3-9-19-17-8-7-14(10-13(17)2)18(21)20-11-15-5-4-6-16(15)12-20/h7-8,10,15-16,19H,3-6,9,11-12H2,1-2H3. The van der Waals surface area contributed by atoms with Crippen LogP contribution in [0.15, 0.2) is 18.2 Å². The number of carbonyl (C=O) groups is 1. The van der Waals surface area contributed by atoms with Crippen LogP contribution in [0.5, 0.6) is 0 Å². The molecule has 1 aliphatic carbocycles. The predicted molar refractivity (Wildman–Crippen MR) is 86.7 cm³/mol. The quantitative estimate of drug-likeness (QED) is 0.915.